The van der Waals surface area contributed by atoms with Crippen LogP contribution in [0.4, 0.5) is 0 Å². The molecule has 2 atom stereocenters. The van der Waals surface area contributed by atoms with Gasteiger partial charge in [0.05, 0.1) is 12.7 Å². The highest BCUT2D eigenvalue weighted by atomic mass is 16.6. The number of aldehydes is 1. The van der Waals surface area contributed by atoms with Gasteiger partial charge in [0.1, 0.15) is 6.10 Å². The summed E-state index contributed by atoms with van der Waals surface area (Å²) in [5, 5.41) is 0. The van der Waals surface area contributed by atoms with Gasteiger partial charge in [-0.1, -0.05) is 0 Å². The van der Waals surface area contributed by atoms with Crippen LogP contribution in [0.25, 0.3) is 0 Å². The van der Waals surface area contributed by atoms with Crippen molar-refractivity contribution in [3.05, 3.63) is 0 Å². The minimum atomic E-state index is -0.242. The first-order valence-corrected chi connectivity index (χ1v) is 4.48. The predicted molar refractivity (Wildman–Crippen MR) is 45.2 cm³/mol. The Bertz CT molecular complexity index is 190. The molecule has 13 heavy (non-hydrogen) atoms. The van der Waals surface area contributed by atoms with Gasteiger partial charge in [-0.25, -0.2) is 0 Å². The van der Waals surface area contributed by atoms with E-state index in [2.05, 4.69) is 0 Å². The van der Waals surface area contributed by atoms with Gasteiger partial charge in [-0.2, -0.15) is 0 Å². The normalized spacial score (nSPS) is 25.3. The lowest BCUT2D eigenvalue weighted by Gasteiger charge is -1.99. The Labute approximate surface area is 77.2 Å². The van der Waals surface area contributed by atoms with Crippen molar-refractivity contribution >= 4 is 12.3 Å². The number of unbranched alkanes of at least 4 members (excludes halogenated alkanes) is 1. The molecule has 2 unspecified atom stereocenters. The third-order valence-electron chi connectivity index (χ3n) is 1.94. The summed E-state index contributed by atoms with van der Waals surface area (Å²) >= 11 is 0. The van der Waals surface area contributed by atoms with Crippen molar-refractivity contribution < 1.29 is 19.1 Å². The first kappa shape index (κ1) is 10.2. The minimum Gasteiger partial charge on any atom is -0.466 e. The summed E-state index contributed by atoms with van der Waals surface area (Å²) in [4.78, 5) is 20.5. The third-order valence-corrected chi connectivity index (χ3v) is 1.94. The fourth-order valence-corrected chi connectivity index (χ4v) is 1.17. The van der Waals surface area contributed by atoms with E-state index < -0.39 is 0 Å². The van der Waals surface area contributed by atoms with Crippen molar-refractivity contribution in [1.29, 1.82) is 0 Å². The molecule has 0 aromatic heterocycles. The molecule has 1 aliphatic heterocycles. The number of hydrogen-bond donors (Lipinski definition) is 0. The lowest BCUT2D eigenvalue weighted by atomic mass is 10.2. The van der Waals surface area contributed by atoms with E-state index in [0.717, 1.165) is 25.5 Å². The molecule has 0 radical (unpaired) electrons. The number of esters is 1. The SMILES string of the molecule is CC(=O)OCCCCC1OC1C=O. The summed E-state index contributed by atoms with van der Waals surface area (Å²) in [7, 11) is 0. The molecule has 1 rings (SSSR count). The molecule has 0 amide bonds. The zero-order chi connectivity index (χ0) is 9.68. The number of carbonyl (C=O) groups is 2. The Morgan fingerprint density at radius 2 is 2.31 bits per heavy atom. The standard InChI is InChI=1S/C9H14O4/c1-7(11)12-5-3-2-4-8-9(6-10)13-8/h6,8-9H,2-5H2,1H3. The number of ether oxygens (including phenoxy) is 2. The highest BCUT2D eigenvalue weighted by Crippen LogP contribution is 2.24. The van der Waals surface area contributed by atoms with Gasteiger partial charge in [0, 0.05) is 6.92 Å². The highest BCUT2D eigenvalue weighted by molar-refractivity contribution is 5.65. The summed E-state index contributed by atoms with van der Waals surface area (Å²) in [5.41, 5.74) is 0. The molecule has 0 bridgehead atoms. The molecule has 0 aromatic rings. The van der Waals surface area contributed by atoms with Crippen molar-refractivity contribution in [3.8, 4) is 0 Å². The second-order valence-electron chi connectivity index (χ2n) is 3.11. The second-order valence-corrected chi connectivity index (χ2v) is 3.11. The van der Waals surface area contributed by atoms with Gasteiger partial charge in [0.25, 0.3) is 0 Å². The molecule has 1 aliphatic rings. The second kappa shape index (κ2) is 4.97. The number of carbonyl (C=O) groups excluding carboxylic acids is 2. The molecular weight excluding hydrogens is 172 g/mol. The van der Waals surface area contributed by atoms with Crippen molar-refractivity contribution in [2.45, 2.75) is 38.4 Å². The molecule has 1 heterocycles. The lowest BCUT2D eigenvalue weighted by molar-refractivity contribution is -0.141. The smallest absolute Gasteiger partial charge is 0.302 e. The topological polar surface area (TPSA) is 55.9 Å². The first-order chi connectivity index (χ1) is 6.24. The zero-order valence-corrected chi connectivity index (χ0v) is 7.69. The number of rotatable bonds is 6. The van der Waals surface area contributed by atoms with Crippen LogP contribution in [0, 0.1) is 0 Å². The summed E-state index contributed by atoms with van der Waals surface area (Å²) in [6, 6.07) is 0. The Morgan fingerprint density at radius 1 is 1.54 bits per heavy atom. The predicted octanol–water partition coefficient (Wildman–Crippen LogP) is 0.686. The maximum atomic E-state index is 10.4. The Balaban J connectivity index is 1.85. The van der Waals surface area contributed by atoms with Crippen LogP contribution in [0.2, 0.25) is 0 Å². The van der Waals surface area contributed by atoms with E-state index in [1.165, 1.54) is 6.92 Å². The average Bonchev–Trinajstić information content (AvgIpc) is 2.82. The van der Waals surface area contributed by atoms with Gasteiger partial charge < -0.3 is 14.3 Å². The Kier molecular flexibility index (Phi) is 3.89. The van der Waals surface area contributed by atoms with Crippen molar-refractivity contribution in [1.82, 2.24) is 0 Å². The third kappa shape index (κ3) is 4.03. The Morgan fingerprint density at radius 3 is 2.85 bits per heavy atom. The van der Waals surface area contributed by atoms with E-state index >= 15 is 0 Å². The van der Waals surface area contributed by atoms with Gasteiger partial charge in [-0.15, -0.1) is 0 Å². The molecule has 0 spiro atoms. The van der Waals surface area contributed by atoms with Gasteiger partial charge in [-0.3, -0.25) is 4.79 Å². The fourth-order valence-electron chi connectivity index (χ4n) is 1.17. The quantitative estimate of drug-likeness (QED) is 0.265. The number of epoxide rings is 1. The maximum absolute atomic E-state index is 10.4. The van der Waals surface area contributed by atoms with E-state index in [1.807, 2.05) is 0 Å². The van der Waals surface area contributed by atoms with Crippen LogP contribution in [0.5, 0.6) is 0 Å². The van der Waals surface area contributed by atoms with Crippen molar-refractivity contribution in [2.24, 2.45) is 0 Å². The van der Waals surface area contributed by atoms with Crippen LogP contribution in [-0.4, -0.2) is 31.1 Å². The average molecular weight is 186 g/mol. The Hall–Kier alpha value is -0.900. The van der Waals surface area contributed by atoms with E-state index in [1.54, 1.807) is 0 Å². The van der Waals surface area contributed by atoms with E-state index in [-0.39, 0.29) is 18.2 Å². The summed E-state index contributed by atoms with van der Waals surface area (Å²) in [5.74, 6) is -0.242. The van der Waals surface area contributed by atoms with E-state index in [4.69, 9.17) is 9.47 Å². The molecule has 0 saturated carbocycles. The van der Waals surface area contributed by atoms with Gasteiger partial charge in [0.2, 0.25) is 0 Å². The van der Waals surface area contributed by atoms with Crippen LogP contribution in [-0.2, 0) is 19.1 Å². The molecule has 74 valence electrons. The summed E-state index contributed by atoms with van der Waals surface area (Å²) in [6.07, 6.45) is 3.43. The molecule has 1 fully saturated rings. The summed E-state index contributed by atoms with van der Waals surface area (Å²) in [6.45, 7) is 1.86. The van der Waals surface area contributed by atoms with Gasteiger partial charge >= 0.3 is 5.97 Å². The largest absolute Gasteiger partial charge is 0.466 e. The number of hydrogen-bond acceptors (Lipinski definition) is 4. The van der Waals surface area contributed by atoms with Crippen molar-refractivity contribution in [3.63, 3.8) is 0 Å². The molecule has 4 heteroatoms. The lowest BCUT2D eigenvalue weighted by Crippen LogP contribution is -2.01. The van der Waals surface area contributed by atoms with E-state index in [0.29, 0.717) is 6.61 Å². The maximum Gasteiger partial charge on any atom is 0.302 e. The molecule has 4 nitrogen and oxygen atoms in total. The fraction of sp³-hybridized carbons (Fsp3) is 0.778. The van der Waals surface area contributed by atoms with Crippen LogP contribution < -0.4 is 0 Å². The minimum absolute atomic E-state index is 0.120. The van der Waals surface area contributed by atoms with Crippen LogP contribution in [0.15, 0.2) is 0 Å². The van der Waals surface area contributed by atoms with Crippen LogP contribution >= 0.6 is 0 Å². The van der Waals surface area contributed by atoms with Crippen LogP contribution in [0.1, 0.15) is 26.2 Å². The van der Waals surface area contributed by atoms with Gasteiger partial charge in [0.15, 0.2) is 6.29 Å². The first-order valence-electron chi connectivity index (χ1n) is 4.48. The van der Waals surface area contributed by atoms with E-state index in [9.17, 15) is 9.59 Å². The van der Waals surface area contributed by atoms with Crippen molar-refractivity contribution in [2.75, 3.05) is 6.61 Å². The molecule has 0 aromatic carbocycles. The molecular formula is C9H14O4. The van der Waals surface area contributed by atoms with Crippen LogP contribution in [0.3, 0.4) is 0 Å². The zero-order valence-electron chi connectivity index (χ0n) is 7.69. The molecule has 1 saturated heterocycles. The summed E-state index contributed by atoms with van der Waals surface area (Å²) < 4.78 is 9.77. The molecule has 0 aliphatic carbocycles. The molecule has 0 N–H and O–H groups in total. The highest BCUT2D eigenvalue weighted by Gasteiger charge is 2.37. The van der Waals surface area contributed by atoms with Gasteiger partial charge in [-0.05, 0) is 19.3 Å². The monoisotopic (exact) mass is 186 g/mol.